The summed E-state index contributed by atoms with van der Waals surface area (Å²) in [4.78, 5) is 19.2. The van der Waals surface area contributed by atoms with E-state index >= 15 is 0 Å². The second kappa shape index (κ2) is 10.5. The Labute approximate surface area is 198 Å². The van der Waals surface area contributed by atoms with E-state index in [1.807, 2.05) is 30.3 Å². The van der Waals surface area contributed by atoms with E-state index in [-0.39, 0.29) is 24.4 Å². The predicted octanol–water partition coefficient (Wildman–Crippen LogP) is 5.56. The molecule has 0 unspecified atom stereocenters. The van der Waals surface area contributed by atoms with E-state index < -0.39 is 23.7 Å². The van der Waals surface area contributed by atoms with Crippen molar-refractivity contribution in [3.05, 3.63) is 59.2 Å². The Morgan fingerprint density at radius 2 is 1.88 bits per heavy atom. The lowest BCUT2D eigenvalue weighted by Crippen LogP contribution is -2.49. The number of rotatable bonds is 9. The van der Waals surface area contributed by atoms with Crippen LogP contribution in [-0.2, 0) is 11.0 Å². The molecule has 0 saturated carbocycles. The van der Waals surface area contributed by atoms with Crippen molar-refractivity contribution in [3.63, 3.8) is 0 Å². The topological polar surface area (TPSA) is 119 Å². The van der Waals surface area contributed by atoms with Gasteiger partial charge in [0, 0.05) is 11.1 Å². The van der Waals surface area contributed by atoms with Crippen molar-refractivity contribution in [3.8, 4) is 5.75 Å². The average molecular weight is 498 g/mol. The molecular weight excluding hydrogens is 461 g/mol. The van der Waals surface area contributed by atoms with Crippen molar-refractivity contribution in [2.45, 2.75) is 62.4 Å². The minimum atomic E-state index is -4.22. The number of nitrogens with one attached hydrogen (secondary N) is 1. The Bertz CT molecular complexity index is 996. The normalized spacial score (nSPS) is 23.4. The van der Waals surface area contributed by atoms with Crippen molar-refractivity contribution in [2.24, 2.45) is 0 Å². The van der Waals surface area contributed by atoms with Crippen LogP contribution in [0.25, 0.3) is 0 Å². The van der Waals surface area contributed by atoms with Crippen molar-refractivity contribution >= 4 is 18.2 Å². The van der Waals surface area contributed by atoms with E-state index in [2.05, 4.69) is 19.2 Å². The summed E-state index contributed by atoms with van der Waals surface area (Å²) in [5.74, 6) is 0.676. The smallest absolute Gasteiger partial charge is 0.325 e. The molecule has 0 aromatic heterocycles. The largest absolute Gasteiger partial charge is 0.496 e. The highest BCUT2D eigenvalue weighted by Gasteiger charge is 2.42. The van der Waals surface area contributed by atoms with Crippen LogP contribution in [0, 0.1) is 0 Å². The SMILES string of the molecule is CCCC[C@]1(CC)CS(O)(O)c2cc(CCP(=O)(O)O)c(OC)cc2[C@@H](c2ccccc2)N1. The summed E-state index contributed by atoms with van der Waals surface area (Å²) in [7, 11) is -5.88. The molecule has 0 spiro atoms. The number of aryl methyl sites for hydroxylation is 1. The first-order valence-corrected chi connectivity index (χ1v) is 14.9. The fourth-order valence-corrected chi connectivity index (χ4v) is 7.39. The van der Waals surface area contributed by atoms with Gasteiger partial charge in [-0.3, -0.25) is 19.0 Å². The third-order valence-corrected chi connectivity index (χ3v) is 9.31. The molecule has 0 radical (unpaired) electrons. The molecule has 3 rings (SSSR count). The van der Waals surface area contributed by atoms with E-state index in [4.69, 9.17) is 4.74 Å². The van der Waals surface area contributed by atoms with Gasteiger partial charge in [0.25, 0.3) is 0 Å². The van der Waals surface area contributed by atoms with Crippen molar-refractivity contribution in [2.75, 3.05) is 19.0 Å². The Kier molecular flexibility index (Phi) is 8.33. The number of hydrogen-bond donors (Lipinski definition) is 5. The molecular formula is C24H36NO6PS. The molecule has 0 fully saturated rings. The first kappa shape index (κ1) is 26.2. The highest BCUT2D eigenvalue weighted by atomic mass is 32.3. The third kappa shape index (κ3) is 6.20. The van der Waals surface area contributed by atoms with E-state index in [1.165, 1.54) is 7.11 Å². The highest BCUT2D eigenvalue weighted by Crippen LogP contribution is 2.58. The quantitative estimate of drug-likeness (QED) is 0.288. The van der Waals surface area contributed by atoms with E-state index in [0.717, 1.165) is 36.8 Å². The molecule has 0 amide bonds. The average Bonchev–Trinajstić information content (AvgIpc) is 2.88. The summed E-state index contributed by atoms with van der Waals surface area (Å²) < 4.78 is 40.0. The zero-order valence-electron chi connectivity index (χ0n) is 19.5. The Morgan fingerprint density at radius 1 is 1.18 bits per heavy atom. The van der Waals surface area contributed by atoms with Gasteiger partial charge in [-0.2, -0.15) is 10.6 Å². The van der Waals surface area contributed by atoms with E-state index in [9.17, 15) is 23.5 Å². The Balaban J connectivity index is 2.20. The number of ether oxygens (including phenoxy) is 1. The highest BCUT2D eigenvalue weighted by molar-refractivity contribution is 8.24. The van der Waals surface area contributed by atoms with Crippen molar-refractivity contribution in [1.82, 2.24) is 5.32 Å². The number of methoxy groups -OCH3 is 1. The summed E-state index contributed by atoms with van der Waals surface area (Å²) in [5, 5.41) is 3.79. The molecule has 2 aromatic carbocycles. The first-order valence-electron chi connectivity index (χ1n) is 11.4. The van der Waals surface area contributed by atoms with Crippen LogP contribution in [0.15, 0.2) is 47.4 Å². The maximum absolute atomic E-state index is 11.5. The van der Waals surface area contributed by atoms with Crippen LogP contribution < -0.4 is 10.1 Å². The van der Waals surface area contributed by atoms with E-state index in [0.29, 0.717) is 16.2 Å². The second-order valence-electron chi connectivity index (χ2n) is 8.88. The molecule has 2 atom stereocenters. The minimum Gasteiger partial charge on any atom is -0.496 e. The molecule has 1 aliphatic rings. The van der Waals surface area contributed by atoms with Crippen LogP contribution in [0.3, 0.4) is 0 Å². The van der Waals surface area contributed by atoms with Crippen molar-refractivity contribution in [1.29, 1.82) is 0 Å². The Hall–Kier alpha value is -1.38. The van der Waals surface area contributed by atoms with E-state index in [1.54, 1.807) is 12.1 Å². The van der Waals surface area contributed by atoms with Crippen LogP contribution >= 0.6 is 18.2 Å². The fourth-order valence-electron chi connectivity index (χ4n) is 4.62. The second-order valence-corrected chi connectivity index (χ2v) is 12.7. The predicted molar refractivity (Wildman–Crippen MR) is 134 cm³/mol. The molecule has 0 aliphatic carbocycles. The molecule has 9 heteroatoms. The molecule has 7 nitrogen and oxygen atoms in total. The standard InChI is InChI=1S/C24H36NO6PS/c1-4-6-13-24(5-2)17-33(29,30)22-15-19(12-14-32(26,27)28)21(31-3)16-20(22)23(25-24)18-10-8-7-9-11-18/h7-11,15-16,23,25,29-30H,4-6,12-14,17H2,1-3H3,(H2,26,27,28)/t23-,24-/m1/s1. The molecule has 0 bridgehead atoms. The van der Waals surface area contributed by atoms with Gasteiger partial charge in [-0.1, -0.05) is 57.0 Å². The van der Waals surface area contributed by atoms with Gasteiger partial charge in [-0.05, 0) is 42.5 Å². The van der Waals surface area contributed by atoms with Gasteiger partial charge in [0.1, 0.15) is 5.75 Å². The maximum atomic E-state index is 11.5. The lowest BCUT2D eigenvalue weighted by Gasteiger charge is -2.42. The summed E-state index contributed by atoms with van der Waals surface area (Å²) in [6.07, 6.45) is 3.26. The summed E-state index contributed by atoms with van der Waals surface area (Å²) >= 11 is 0. The molecule has 1 aliphatic heterocycles. The number of benzene rings is 2. The van der Waals surface area contributed by atoms with Crippen LogP contribution in [0.1, 0.15) is 62.3 Å². The number of unbranched alkanes of at least 4 members (excludes halogenated alkanes) is 1. The molecule has 2 aromatic rings. The van der Waals surface area contributed by atoms with Crippen molar-refractivity contribution < 1.29 is 28.2 Å². The lowest BCUT2D eigenvalue weighted by molar-refractivity contribution is 0.290. The van der Waals surface area contributed by atoms with Crippen LogP contribution in [0.5, 0.6) is 5.75 Å². The monoisotopic (exact) mass is 497 g/mol. The first-order chi connectivity index (χ1) is 15.5. The molecule has 5 N–H and O–H groups in total. The lowest BCUT2D eigenvalue weighted by atomic mass is 9.87. The minimum absolute atomic E-state index is 0.0778. The zero-order chi connectivity index (χ0) is 24.3. The zero-order valence-corrected chi connectivity index (χ0v) is 21.2. The van der Waals surface area contributed by atoms with Gasteiger partial charge in [0.15, 0.2) is 0 Å². The van der Waals surface area contributed by atoms with Gasteiger partial charge >= 0.3 is 7.60 Å². The van der Waals surface area contributed by atoms with Crippen LogP contribution in [-0.4, -0.2) is 43.5 Å². The van der Waals surface area contributed by atoms with Gasteiger partial charge in [0.05, 0.1) is 30.0 Å². The summed E-state index contributed by atoms with van der Waals surface area (Å²) in [6, 6.07) is 13.1. The summed E-state index contributed by atoms with van der Waals surface area (Å²) in [5.41, 5.74) is 1.83. The third-order valence-electron chi connectivity index (χ3n) is 6.50. The summed E-state index contributed by atoms with van der Waals surface area (Å²) in [6.45, 7) is 4.20. The Morgan fingerprint density at radius 3 is 2.45 bits per heavy atom. The molecule has 0 saturated heterocycles. The van der Waals surface area contributed by atoms with Crippen LogP contribution in [0.2, 0.25) is 0 Å². The number of hydrogen-bond acceptors (Lipinski definition) is 5. The molecule has 1 heterocycles. The maximum Gasteiger partial charge on any atom is 0.325 e. The molecule has 33 heavy (non-hydrogen) atoms. The van der Waals surface area contributed by atoms with Gasteiger partial charge in [-0.15, -0.1) is 0 Å². The van der Waals surface area contributed by atoms with Gasteiger partial charge in [0.2, 0.25) is 0 Å². The van der Waals surface area contributed by atoms with Gasteiger partial charge < -0.3 is 14.5 Å². The van der Waals surface area contributed by atoms with Crippen LogP contribution in [0.4, 0.5) is 0 Å². The molecule has 184 valence electrons. The fraction of sp³-hybridized carbons (Fsp3) is 0.500. The number of fused-ring (bicyclic) bond motifs is 1. The van der Waals surface area contributed by atoms with Gasteiger partial charge in [-0.25, -0.2) is 0 Å².